The number of carbonyl (C=O) groups excluding carboxylic acids is 1. The Morgan fingerprint density at radius 2 is 2.10 bits per heavy atom. The molecule has 0 aliphatic rings. The molecule has 0 saturated carbocycles. The molecule has 0 aliphatic carbocycles. The quantitative estimate of drug-likeness (QED) is 0.689. The molecular weight excluding hydrogens is 262 g/mol. The highest BCUT2D eigenvalue weighted by atomic mass is 16.1. The van der Waals surface area contributed by atoms with Crippen LogP contribution in [0.5, 0.6) is 0 Å². The third-order valence-corrected chi connectivity index (χ3v) is 3.67. The van der Waals surface area contributed by atoms with E-state index in [9.17, 15) is 4.79 Å². The van der Waals surface area contributed by atoms with E-state index in [1.54, 1.807) is 6.20 Å². The van der Waals surface area contributed by atoms with E-state index in [2.05, 4.69) is 9.97 Å². The number of ketones is 1. The Balaban J connectivity index is 1.95. The van der Waals surface area contributed by atoms with Gasteiger partial charge < -0.3 is 4.57 Å². The van der Waals surface area contributed by atoms with Crippen molar-refractivity contribution in [2.24, 2.45) is 0 Å². The molecule has 0 N–H and O–H groups in total. The highest BCUT2D eigenvalue weighted by molar-refractivity contribution is 5.98. The number of Topliss-reactive ketones (excluding diaryl/α,β-unsaturated/α-hetero) is 1. The van der Waals surface area contributed by atoms with Crippen LogP contribution in [0.4, 0.5) is 0 Å². The molecule has 0 fully saturated rings. The highest BCUT2D eigenvalue weighted by Crippen LogP contribution is 2.18. The summed E-state index contributed by atoms with van der Waals surface area (Å²) in [5.74, 6) is 0.792. The van der Waals surface area contributed by atoms with Gasteiger partial charge >= 0.3 is 0 Å². The maximum Gasteiger partial charge on any atom is 0.188 e. The van der Waals surface area contributed by atoms with Gasteiger partial charge in [-0.2, -0.15) is 0 Å². The van der Waals surface area contributed by atoms with Gasteiger partial charge in [-0.1, -0.05) is 18.2 Å². The molecule has 3 aromatic rings. The van der Waals surface area contributed by atoms with Crippen molar-refractivity contribution in [2.45, 2.75) is 26.8 Å². The fourth-order valence-electron chi connectivity index (χ4n) is 2.52. The van der Waals surface area contributed by atoms with Gasteiger partial charge in [0, 0.05) is 24.3 Å². The number of benzene rings is 1. The number of rotatable bonds is 4. The number of carbonyl (C=O) groups is 1. The maximum atomic E-state index is 12.5. The van der Waals surface area contributed by atoms with Crippen LogP contribution in [-0.4, -0.2) is 20.3 Å². The fourth-order valence-corrected chi connectivity index (χ4v) is 2.52. The van der Waals surface area contributed by atoms with Gasteiger partial charge in [-0.05, 0) is 31.5 Å². The van der Waals surface area contributed by atoms with E-state index in [0.717, 1.165) is 28.8 Å². The SMILES string of the molecule is CCn1ccnc1CC(=O)c1cc(C)c2ccccc2n1. The standard InChI is InChI=1S/C17H17N3O/c1-3-20-9-8-18-17(20)11-16(21)15-10-12(2)13-6-4-5-7-14(13)19-15/h4-10H,3,11H2,1-2H3. The molecule has 2 aromatic heterocycles. The summed E-state index contributed by atoms with van der Waals surface area (Å²) in [6.07, 6.45) is 3.90. The number of aromatic nitrogens is 3. The van der Waals surface area contributed by atoms with Gasteiger partial charge in [0.05, 0.1) is 11.9 Å². The molecule has 0 spiro atoms. The molecule has 106 valence electrons. The second-order valence-corrected chi connectivity index (χ2v) is 5.07. The second-order valence-electron chi connectivity index (χ2n) is 5.07. The van der Waals surface area contributed by atoms with Crippen molar-refractivity contribution in [2.75, 3.05) is 0 Å². The van der Waals surface area contributed by atoms with Crippen molar-refractivity contribution in [1.82, 2.24) is 14.5 Å². The van der Waals surface area contributed by atoms with Gasteiger partial charge in [0.1, 0.15) is 11.5 Å². The van der Waals surface area contributed by atoms with Crippen LogP contribution < -0.4 is 0 Å². The first-order chi connectivity index (χ1) is 10.2. The van der Waals surface area contributed by atoms with E-state index in [1.165, 1.54) is 0 Å². The Kier molecular flexibility index (Phi) is 3.52. The summed E-state index contributed by atoms with van der Waals surface area (Å²) in [6, 6.07) is 9.75. The molecule has 4 nitrogen and oxygen atoms in total. The van der Waals surface area contributed by atoms with Gasteiger partial charge in [0.2, 0.25) is 0 Å². The minimum absolute atomic E-state index is 0.00440. The molecule has 0 bridgehead atoms. The molecule has 3 rings (SSSR count). The molecule has 0 radical (unpaired) electrons. The Bertz CT molecular complexity index is 805. The van der Waals surface area contributed by atoms with E-state index >= 15 is 0 Å². The van der Waals surface area contributed by atoms with E-state index in [0.29, 0.717) is 5.69 Å². The summed E-state index contributed by atoms with van der Waals surface area (Å²) in [6.45, 7) is 4.86. The summed E-state index contributed by atoms with van der Waals surface area (Å²) in [4.78, 5) is 21.2. The molecule has 0 aliphatic heterocycles. The summed E-state index contributed by atoms with van der Waals surface area (Å²) in [5, 5.41) is 1.09. The van der Waals surface area contributed by atoms with E-state index in [1.807, 2.05) is 54.9 Å². The van der Waals surface area contributed by atoms with Crippen molar-refractivity contribution in [3.8, 4) is 0 Å². The zero-order chi connectivity index (χ0) is 14.8. The first-order valence-electron chi connectivity index (χ1n) is 7.08. The Hall–Kier alpha value is -2.49. The van der Waals surface area contributed by atoms with E-state index in [-0.39, 0.29) is 12.2 Å². The van der Waals surface area contributed by atoms with Crippen LogP contribution in [0.1, 0.15) is 28.8 Å². The molecule has 2 heterocycles. The first-order valence-corrected chi connectivity index (χ1v) is 7.08. The number of hydrogen-bond donors (Lipinski definition) is 0. The summed E-state index contributed by atoms with van der Waals surface area (Å²) >= 11 is 0. The lowest BCUT2D eigenvalue weighted by Gasteiger charge is -2.07. The average molecular weight is 279 g/mol. The van der Waals surface area contributed by atoms with Crippen LogP contribution in [-0.2, 0) is 13.0 Å². The largest absolute Gasteiger partial charge is 0.335 e. The second kappa shape index (κ2) is 5.48. The van der Waals surface area contributed by atoms with Crippen molar-refractivity contribution in [3.63, 3.8) is 0 Å². The highest BCUT2D eigenvalue weighted by Gasteiger charge is 2.13. The minimum Gasteiger partial charge on any atom is -0.335 e. The maximum absolute atomic E-state index is 12.5. The molecule has 1 aromatic carbocycles. The monoisotopic (exact) mass is 279 g/mol. The number of nitrogens with zero attached hydrogens (tertiary/aromatic N) is 3. The zero-order valence-corrected chi connectivity index (χ0v) is 12.2. The fraction of sp³-hybridized carbons (Fsp3) is 0.235. The van der Waals surface area contributed by atoms with Crippen molar-refractivity contribution in [1.29, 1.82) is 0 Å². The third kappa shape index (κ3) is 2.57. The lowest BCUT2D eigenvalue weighted by atomic mass is 10.1. The van der Waals surface area contributed by atoms with Gasteiger partial charge in [-0.3, -0.25) is 4.79 Å². The Morgan fingerprint density at radius 1 is 1.29 bits per heavy atom. The topological polar surface area (TPSA) is 47.8 Å². The predicted octanol–water partition coefficient (Wildman–Crippen LogP) is 3.19. The van der Waals surface area contributed by atoms with Crippen LogP contribution >= 0.6 is 0 Å². The van der Waals surface area contributed by atoms with Gasteiger partial charge in [0.15, 0.2) is 5.78 Å². The van der Waals surface area contributed by atoms with Crippen LogP contribution in [0.25, 0.3) is 10.9 Å². The summed E-state index contributed by atoms with van der Waals surface area (Å²) in [7, 11) is 0. The van der Waals surface area contributed by atoms with Crippen LogP contribution in [0.15, 0.2) is 42.7 Å². The van der Waals surface area contributed by atoms with Crippen LogP contribution in [0.3, 0.4) is 0 Å². The zero-order valence-electron chi connectivity index (χ0n) is 12.2. The van der Waals surface area contributed by atoms with Gasteiger partial charge in [0.25, 0.3) is 0 Å². The molecular formula is C17H17N3O. The first kappa shape index (κ1) is 13.5. The lowest BCUT2D eigenvalue weighted by molar-refractivity contribution is 0.0985. The molecule has 0 amide bonds. The molecule has 0 atom stereocenters. The molecule has 0 unspecified atom stereocenters. The number of imidazole rings is 1. The minimum atomic E-state index is 0.00440. The number of pyridine rings is 1. The average Bonchev–Trinajstić information content (AvgIpc) is 2.94. The predicted molar refractivity (Wildman–Crippen MR) is 82.4 cm³/mol. The molecule has 21 heavy (non-hydrogen) atoms. The van der Waals surface area contributed by atoms with Gasteiger partial charge in [-0.25, -0.2) is 9.97 Å². The summed E-state index contributed by atoms with van der Waals surface area (Å²) < 4.78 is 1.98. The lowest BCUT2D eigenvalue weighted by Crippen LogP contribution is -2.11. The number of hydrogen-bond acceptors (Lipinski definition) is 3. The smallest absolute Gasteiger partial charge is 0.188 e. The third-order valence-electron chi connectivity index (χ3n) is 3.67. The van der Waals surface area contributed by atoms with Crippen molar-refractivity contribution >= 4 is 16.7 Å². The van der Waals surface area contributed by atoms with Crippen molar-refractivity contribution in [3.05, 3.63) is 59.8 Å². The van der Waals surface area contributed by atoms with Crippen LogP contribution in [0.2, 0.25) is 0 Å². The normalized spacial score (nSPS) is 11.0. The Morgan fingerprint density at radius 3 is 2.90 bits per heavy atom. The number of aryl methyl sites for hydroxylation is 2. The Labute approximate surface area is 123 Å². The number of para-hydroxylation sites is 1. The van der Waals surface area contributed by atoms with E-state index in [4.69, 9.17) is 0 Å². The van der Waals surface area contributed by atoms with Gasteiger partial charge in [-0.15, -0.1) is 0 Å². The van der Waals surface area contributed by atoms with Crippen molar-refractivity contribution < 1.29 is 4.79 Å². The summed E-state index contributed by atoms with van der Waals surface area (Å²) in [5.41, 5.74) is 2.44. The molecule has 0 saturated heterocycles. The molecule has 4 heteroatoms. The number of fused-ring (bicyclic) bond motifs is 1. The van der Waals surface area contributed by atoms with E-state index < -0.39 is 0 Å². The van der Waals surface area contributed by atoms with Crippen LogP contribution in [0, 0.1) is 6.92 Å².